The van der Waals surface area contributed by atoms with Gasteiger partial charge in [-0.25, -0.2) is 19.8 Å². The third-order valence-electron chi connectivity index (χ3n) is 1.64. The highest BCUT2D eigenvalue weighted by Crippen LogP contribution is 2.17. The van der Waals surface area contributed by atoms with E-state index in [0.29, 0.717) is 5.82 Å². The first-order chi connectivity index (χ1) is 6.77. The first-order valence-corrected chi connectivity index (χ1v) is 3.88. The van der Waals surface area contributed by atoms with E-state index in [1.165, 1.54) is 6.21 Å². The van der Waals surface area contributed by atoms with Gasteiger partial charge in [0.05, 0.1) is 6.21 Å². The van der Waals surface area contributed by atoms with E-state index >= 15 is 0 Å². The van der Waals surface area contributed by atoms with Crippen molar-refractivity contribution in [2.24, 2.45) is 9.98 Å². The molecule has 0 bridgehead atoms. The Bertz CT molecular complexity index is 413. The molecule has 6 nitrogen and oxygen atoms in total. The third-order valence-corrected chi connectivity index (χ3v) is 1.64. The van der Waals surface area contributed by atoms with Crippen LogP contribution in [0, 0.1) is 0 Å². The summed E-state index contributed by atoms with van der Waals surface area (Å²) in [6, 6.07) is 1.67. The van der Waals surface area contributed by atoms with E-state index in [1.54, 1.807) is 18.5 Å². The van der Waals surface area contributed by atoms with Crippen LogP contribution in [0.25, 0.3) is 0 Å². The smallest absolute Gasteiger partial charge is 0.355 e. The second kappa shape index (κ2) is 3.33. The molecule has 1 atom stereocenters. The van der Waals surface area contributed by atoms with Crippen molar-refractivity contribution in [2.75, 3.05) is 0 Å². The van der Waals surface area contributed by atoms with Gasteiger partial charge in [0, 0.05) is 12.4 Å². The number of hydrogen-bond acceptors (Lipinski definition) is 5. The monoisotopic (exact) mass is 190 g/mol. The van der Waals surface area contributed by atoms with Gasteiger partial charge in [0.25, 0.3) is 0 Å². The normalized spacial score (nSPS) is 19.4. The molecule has 1 aliphatic rings. The van der Waals surface area contributed by atoms with Crippen LogP contribution in [0.1, 0.15) is 12.0 Å². The van der Waals surface area contributed by atoms with Crippen LogP contribution >= 0.6 is 0 Å². The maximum atomic E-state index is 10.5. The Kier molecular flexibility index (Phi) is 2.02. The molecule has 0 saturated heterocycles. The summed E-state index contributed by atoms with van der Waals surface area (Å²) < 4.78 is 0. The Hall–Kier alpha value is -2.11. The van der Waals surface area contributed by atoms with Gasteiger partial charge in [0.1, 0.15) is 0 Å². The predicted octanol–water partition coefficient (Wildman–Crippen LogP) is 0.0852. The topological polar surface area (TPSA) is 87.8 Å². The maximum absolute atomic E-state index is 10.5. The largest absolute Gasteiger partial charge is 0.476 e. The van der Waals surface area contributed by atoms with Gasteiger partial charge in [-0.3, -0.25) is 4.99 Å². The molecule has 1 aromatic heterocycles. The molecule has 2 rings (SSSR count). The quantitative estimate of drug-likeness (QED) is 0.715. The molecule has 0 aromatic carbocycles. The van der Waals surface area contributed by atoms with Crippen LogP contribution in [0.4, 0.5) is 0 Å². The van der Waals surface area contributed by atoms with Gasteiger partial charge in [-0.05, 0) is 6.07 Å². The van der Waals surface area contributed by atoms with Crippen molar-refractivity contribution in [3.63, 3.8) is 0 Å². The van der Waals surface area contributed by atoms with Gasteiger partial charge in [0.15, 0.2) is 17.7 Å². The second-order valence-electron chi connectivity index (χ2n) is 2.58. The number of aliphatic imine (C=N–C) groups is 2. The number of carboxylic acids is 1. The van der Waals surface area contributed by atoms with Gasteiger partial charge in [0.2, 0.25) is 0 Å². The Morgan fingerprint density at radius 3 is 2.64 bits per heavy atom. The molecular weight excluding hydrogens is 184 g/mol. The zero-order valence-electron chi connectivity index (χ0n) is 7.03. The van der Waals surface area contributed by atoms with E-state index in [4.69, 9.17) is 5.11 Å². The van der Waals surface area contributed by atoms with E-state index in [0.717, 1.165) is 0 Å². The van der Waals surface area contributed by atoms with E-state index < -0.39 is 12.1 Å². The Labute approximate surface area is 79.1 Å². The molecule has 0 radical (unpaired) electrons. The predicted molar refractivity (Wildman–Crippen MR) is 48.3 cm³/mol. The lowest BCUT2D eigenvalue weighted by atomic mass is 10.4. The van der Waals surface area contributed by atoms with Crippen LogP contribution < -0.4 is 0 Å². The molecule has 0 fully saturated rings. The van der Waals surface area contributed by atoms with E-state index in [9.17, 15) is 4.79 Å². The van der Waals surface area contributed by atoms with E-state index in [-0.39, 0.29) is 5.71 Å². The van der Waals surface area contributed by atoms with Crippen LogP contribution in [-0.2, 0) is 4.79 Å². The fourth-order valence-corrected chi connectivity index (χ4v) is 1.02. The maximum Gasteiger partial charge on any atom is 0.355 e. The molecule has 0 amide bonds. The van der Waals surface area contributed by atoms with Gasteiger partial charge < -0.3 is 5.11 Å². The Balaban J connectivity index is 2.26. The highest BCUT2D eigenvalue weighted by molar-refractivity contribution is 6.59. The van der Waals surface area contributed by atoms with Crippen LogP contribution in [0.3, 0.4) is 0 Å². The Morgan fingerprint density at radius 2 is 2.07 bits per heavy atom. The molecule has 0 spiro atoms. The summed E-state index contributed by atoms with van der Waals surface area (Å²) >= 11 is 0. The number of carbonyl (C=O) groups is 1. The lowest BCUT2D eigenvalue weighted by Crippen LogP contribution is -2.11. The van der Waals surface area contributed by atoms with E-state index in [2.05, 4.69) is 20.0 Å². The van der Waals surface area contributed by atoms with Gasteiger partial charge >= 0.3 is 5.97 Å². The van der Waals surface area contributed by atoms with Crippen molar-refractivity contribution >= 4 is 17.9 Å². The molecule has 6 heteroatoms. The second-order valence-corrected chi connectivity index (χ2v) is 2.58. The Morgan fingerprint density at radius 1 is 1.36 bits per heavy atom. The first kappa shape index (κ1) is 8.49. The number of nitrogens with zero attached hydrogens (tertiary/aromatic N) is 4. The fourth-order valence-electron chi connectivity index (χ4n) is 1.02. The number of aromatic nitrogens is 2. The summed E-state index contributed by atoms with van der Waals surface area (Å²) in [6.07, 6.45) is 3.73. The standard InChI is InChI=1S/C8H6N4O2/c13-8(14)5-4-11-7(12-5)6-9-2-1-3-10-6/h1-4,7H,(H,13,14)/t7-/m0/s1. The minimum Gasteiger partial charge on any atom is -0.476 e. The van der Waals surface area contributed by atoms with Crippen LogP contribution in [0.15, 0.2) is 28.4 Å². The SMILES string of the molecule is O=C(O)C1=N[C@@H](c2ncccn2)N=C1. The van der Waals surface area contributed by atoms with Crippen molar-refractivity contribution in [3.05, 3.63) is 24.3 Å². The zero-order valence-corrected chi connectivity index (χ0v) is 7.03. The minimum atomic E-state index is -1.09. The average molecular weight is 190 g/mol. The van der Waals surface area contributed by atoms with Gasteiger partial charge in [-0.1, -0.05) is 0 Å². The van der Waals surface area contributed by atoms with Crippen LogP contribution in [-0.4, -0.2) is 33.0 Å². The summed E-state index contributed by atoms with van der Waals surface area (Å²) in [6.45, 7) is 0. The molecular formula is C8H6N4O2. The first-order valence-electron chi connectivity index (χ1n) is 3.88. The molecule has 0 unspecified atom stereocenters. The minimum absolute atomic E-state index is 0.0672. The summed E-state index contributed by atoms with van der Waals surface area (Å²) in [7, 11) is 0. The molecule has 2 heterocycles. The molecule has 0 aliphatic carbocycles. The molecule has 1 aromatic rings. The lowest BCUT2D eigenvalue weighted by molar-refractivity contribution is -0.129. The fraction of sp³-hybridized carbons (Fsp3) is 0.125. The van der Waals surface area contributed by atoms with Crippen molar-refractivity contribution in [3.8, 4) is 0 Å². The number of carboxylic acid groups (broad SMARTS) is 1. The number of rotatable bonds is 2. The van der Waals surface area contributed by atoms with Gasteiger partial charge in [-0.2, -0.15) is 0 Å². The third kappa shape index (κ3) is 1.49. The van der Waals surface area contributed by atoms with E-state index in [1.807, 2.05) is 0 Å². The molecule has 1 N–H and O–H groups in total. The molecule has 0 saturated carbocycles. The highest BCUT2D eigenvalue weighted by Gasteiger charge is 2.20. The zero-order chi connectivity index (χ0) is 9.97. The summed E-state index contributed by atoms with van der Waals surface area (Å²) in [5.41, 5.74) is -0.0672. The molecule has 1 aliphatic heterocycles. The highest BCUT2D eigenvalue weighted by atomic mass is 16.4. The summed E-state index contributed by atoms with van der Waals surface area (Å²) in [5.74, 6) is -0.688. The van der Waals surface area contributed by atoms with Crippen molar-refractivity contribution in [1.29, 1.82) is 0 Å². The average Bonchev–Trinajstić information content (AvgIpc) is 2.68. The lowest BCUT2D eigenvalue weighted by Gasteiger charge is -1.99. The van der Waals surface area contributed by atoms with Crippen LogP contribution in [0.5, 0.6) is 0 Å². The summed E-state index contributed by atoms with van der Waals surface area (Å²) in [5, 5.41) is 8.62. The number of aliphatic carboxylic acids is 1. The van der Waals surface area contributed by atoms with Gasteiger partial charge in [-0.15, -0.1) is 0 Å². The van der Waals surface area contributed by atoms with Crippen molar-refractivity contribution in [1.82, 2.24) is 9.97 Å². The van der Waals surface area contributed by atoms with Crippen molar-refractivity contribution in [2.45, 2.75) is 6.17 Å². The molecule has 14 heavy (non-hydrogen) atoms. The number of hydrogen-bond donors (Lipinski definition) is 1. The van der Waals surface area contributed by atoms with Crippen LogP contribution in [0.2, 0.25) is 0 Å². The summed E-state index contributed by atoms with van der Waals surface area (Å²) in [4.78, 5) is 26.1. The molecule has 70 valence electrons. The van der Waals surface area contributed by atoms with Crippen molar-refractivity contribution < 1.29 is 9.90 Å².